The van der Waals surface area contributed by atoms with E-state index < -0.39 is 5.91 Å². The number of carbonyl (C=O) groups excluding carboxylic acids is 1. The van der Waals surface area contributed by atoms with Crippen molar-refractivity contribution in [3.8, 4) is 5.88 Å². The first-order chi connectivity index (χ1) is 8.16. The quantitative estimate of drug-likeness (QED) is 0.817. The van der Waals surface area contributed by atoms with E-state index in [1.165, 1.54) is 18.4 Å². The fourth-order valence-corrected chi connectivity index (χ4v) is 1.24. The molecular weight excluding hydrogens is 222 g/mol. The second-order valence-corrected chi connectivity index (χ2v) is 3.32. The molecule has 0 radical (unpaired) electrons. The Hall–Kier alpha value is -2.50. The Morgan fingerprint density at radius 1 is 1.41 bits per heavy atom. The van der Waals surface area contributed by atoms with E-state index in [1.54, 1.807) is 12.1 Å². The highest BCUT2D eigenvalue weighted by molar-refractivity contribution is 5.91. The summed E-state index contributed by atoms with van der Waals surface area (Å²) >= 11 is 0. The van der Waals surface area contributed by atoms with Gasteiger partial charge in [-0.25, -0.2) is 4.98 Å². The molecule has 0 fully saturated rings. The first-order valence-electron chi connectivity index (χ1n) is 4.88. The van der Waals surface area contributed by atoms with E-state index in [2.05, 4.69) is 4.98 Å². The van der Waals surface area contributed by atoms with E-state index in [1.807, 2.05) is 0 Å². The van der Waals surface area contributed by atoms with Gasteiger partial charge in [0, 0.05) is 0 Å². The smallest absolute Gasteiger partial charge is 0.267 e. The number of amides is 1. The predicted octanol–water partition coefficient (Wildman–Crippen LogP) is 0.935. The Morgan fingerprint density at radius 3 is 2.88 bits per heavy atom. The average Bonchev–Trinajstić information content (AvgIpc) is 2.80. The van der Waals surface area contributed by atoms with Gasteiger partial charge in [-0.1, -0.05) is 0 Å². The van der Waals surface area contributed by atoms with E-state index in [9.17, 15) is 4.79 Å². The Balaban J connectivity index is 2.14. The number of nitrogens with two attached hydrogens (primary N) is 2. The molecule has 17 heavy (non-hydrogen) atoms. The van der Waals surface area contributed by atoms with Crippen molar-refractivity contribution in [3.05, 3.63) is 42.0 Å². The van der Waals surface area contributed by atoms with Crippen LogP contribution < -0.4 is 16.2 Å². The summed E-state index contributed by atoms with van der Waals surface area (Å²) in [6.45, 7) is 0.187. The van der Waals surface area contributed by atoms with Crippen molar-refractivity contribution in [1.82, 2.24) is 4.98 Å². The Bertz CT molecular complexity index is 523. The minimum atomic E-state index is -0.632. The number of hydrogen-bond acceptors (Lipinski definition) is 5. The van der Waals surface area contributed by atoms with E-state index >= 15 is 0 Å². The lowest BCUT2D eigenvalue weighted by Gasteiger charge is -2.07. The maximum absolute atomic E-state index is 10.9. The maximum atomic E-state index is 10.9. The first-order valence-corrected chi connectivity index (χ1v) is 4.88. The number of pyridine rings is 1. The second-order valence-electron chi connectivity index (χ2n) is 3.32. The van der Waals surface area contributed by atoms with Crippen LogP contribution in [0.2, 0.25) is 0 Å². The van der Waals surface area contributed by atoms with Crippen LogP contribution in [0.5, 0.6) is 5.88 Å². The Labute approximate surface area is 97.2 Å². The molecule has 88 valence electrons. The number of anilines is 1. The van der Waals surface area contributed by atoms with Crippen LogP contribution in [0.15, 0.2) is 34.9 Å². The Morgan fingerprint density at radius 2 is 2.24 bits per heavy atom. The summed E-state index contributed by atoms with van der Waals surface area (Å²) in [5.74, 6) is 0.168. The van der Waals surface area contributed by atoms with Gasteiger partial charge in [-0.05, 0) is 24.3 Å². The van der Waals surface area contributed by atoms with Gasteiger partial charge in [0.1, 0.15) is 18.1 Å². The van der Waals surface area contributed by atoms with Gasteiger partial charge in [0.15, 0.2) is 0 Å². The van der Waals surface area contributed by atoms with Crippen LogP contribution in [0.25, 0.3) is 0 Å². The van der Waals surface area contributed by atoms with Gasteiger partial charge in [-0.2, -0.15) is 0 Å². The van der Waals surface area contributed by atoms with Crippen molar-refractivity contribution in [1.29, 1.82) is 0 Å². The van der Waals surface area contributed by atoms with Gasteiger partial charge < -0.3 is 20.6 Å². The third-order valence-corrected chi connectivity index (χ3v) is 2.07. The van der Waals surface area contributed by atoms with Crippen LogP contribution in [0.3, 0.4) is 0 Å². The molecule has 6 nitrogen and oxygen atoms in total. The van der Waals surface area contributed by atoms with Gasteiger partial charge in [0.25, 0.3) is 5.91 Å². The van der Waals surface area contributed by atoms with Gasteiger partial charge in [0.2, 0.25) is 5.88 Å². The van der Waals surface area contributed by atoms with Crippen molar-refractivity contribution in [2.75, 3.05) is 5.73 Å². The number of primary amides is 1. The monoisotopic (exact) mass is 233 g/mol. The van der Waals surface area contributed by atoms with Crippen LogP contribution in [0.1, 0.15) is 16.2 Å². The number of aromatic nitrogens is 1. The molecule has 2 aromatic rings. The Kier molecular flexibility index (Phi) is 2.95. The molecule has 2 heterocycles. The van der Waals surface area contributed by atoms with Gasteiger partial charge >= 0.3 is 0 Å². The van der Waals surface area contributed by atoms with Crippen LogP contribution >= 0.6 is 0 Å². The molecule has 0 aliphatic heterocycles. The summed E-state index contributed by atoms with van der Waals surface area (Å²) in [7, 11) is 0. The normalized spacial score (nSPS) is 10.1. The molecule has 0 spiro atoms. The molecule has 6 heteroatoms. The zero-order chi connectivity index (χ0) is 12.3. The largest absolute Gasteiger partial charge is 0.468 e. The number of nitrogens with zero attached hydrogens (tertiary/aromatic N) is 1. The number of ether oxygens (including phenoxy) is 1. The summed E-state index contributed by atoms with van der Waals surface area (Å²) in [5, 5.41) is 0. The van der Waals surface area contributed by atoms with Crippen molar-refractivity contribution in [2.45, 2.75) is 6.61 Å². The van der Waals surface area contributed by atoms with Crippen molar-refractivity contribution < 1.29 is 13.9 Å². The van der Waals surface area contributed by atoms with E-state index in [0.29, 0.717) is 11.4 Å². The van der Waals surface area contributed by atoms with Gasteiger partial charge in [-0.15, -0.1) is 0 Å². The molecule has 0 saturated carbocycles. The number of hydrogen-bond donors (Lipinski definition) is 2. The summed E-state index contributed by atoms with van der Waals surface area (Å²) in [6, 6.07) is 6.46. The lowest BCUT2D eigenvalue weighted by atomic mass is 10.3. The fraction of sp³-hybridized carbons (Fsp3) is 0.0909. The lowest BCUT2D eigenvalue weighted by molar-refractivity contribution is 0.0994. The molecule has 1 amide bonds. The third-order valence-electron chi connectivity index (χ3n) is 2.07. The highest BCUT2D eigenvalue weighted by Crippen LogP contribution is 2.19. The molecule has 0 aliphatic rings. The van der Waals surface area contributed by atoms with Crippen LogP contribution in [-0.4, -0.2) is 10.9 Å². The summed E-state index contributed by atoms with van der Waals surface area (Å²) in [6.07, 6.45) is 1.54. The average molecular weight is 233 g/mol. The van der Waals surface area contributed by atoms with E-state index in [-0.39, 0.29) is 18.2 Å². The van der Waals surface area contributed by atoms with Gasteiger partial charge in [0.05, 0.1) is 12.0 Å². The molecule has 2 aromatic heterocycles. The second kappa shape index (κ2) is 4.56. The molecule has 4 N–H and O–H groups in total. The summed E-state index contributed by atoms with van der Waals surface area (Å²) < 4.78 is 10.4. The van der Waals surface area contributed by atoms with Crippen molar-refractivity contribution in [3.63, 3.8) is 0 Å². The molecular formula is C11H11N3O3. The standard InChI is InChI=1S/C11H11N3O3/c12-8-3-4-9(10(13)15)14-11(8)17-6-7-2-1-5-16-7/h1-5H,6,12H2,(H2,13,15). The highest BCUT2D eigenvalue weighted by Gasteiger charge is 2.08. The highest BCUT2D eigenvalue weighted by atomic mass is 16.5. The molecule has 0 saturated heterocycles. The van der Waals surface area contributed by atoms with Crippen LogP contribution in [0, 0.1) is 0 Å². The molecule has 0 bridgehead atoms. The number of nitrogen functional groups attached to an aromatic ring is 1. The molecule has 0 aromatic carbocycles. The number of carbonyl (C=O) groups is 1. The topological polar surface area (TPSA) is 104 Å². The minimum Gasteiger partial charge on any atom is -0.468 e. The van der Waals surface area contributed by atoms with Gasteiger partial charge in [-0.3, -0.25) is 4.79 Å². The maximum Gasteiger partial charge on any atom is 0.267 e. The first kappa shape index (κ1) is 11.0. The van der Waals surface area contributed by atoms with E-state index in [4.69, 9.17) is 20.6 Å². The third kappa shape index (κ3) is 2.54. The van der Waals surface area contributed by atoms with Crippen LogP contribution in [-0.2, 0) is 6.61 Å². The van der Waals surface area contributed by atoms with E-state index in [0.717, 1.165) is 0 Å². The zero-order valence-electron chi connectivity index (χ0n) is 8.92. The molecule has 0 atom stereocenters. The minimum absolute atomic E-state index is 0.105. The summed E-state index contributed by atoms with van der Waals surface area (Å²) in [5.41, 5.74) is 11.2. The SMILES string of the molecule is NC(=O)c1ccc(N)c(OCc2ccco2)n1. The fourth-order valence-electron chi connectivity index (χ4n) is 1.24. The molecule has 0 unspecified atom stereocenters. The molecule has 0 aliphatic carbocycles. The molecule has 2 rings (SSSR count). The van der Waals surface area contributed by atoms with Crippen molar-refractivity contribution in [2.24, 2.45) is 5.73 Å². The van der Waals surface area contributed by atoms with Crippen LogP contribution in [0.4, 0.5) is 5.69 Å². The summed E-state index contributed by atoms with van der Waals surface area (Å²) in [4.78, 5) is 14.9. The zero-order valence-corrected chi connectivity index (χ0v) is 8.92. The number of furan rings is 1. The number of rotatable bonds is 4. The predicted molar refractivity (Wildman–Crippen MR) is 60.2 cm³/mol. The van der Waals surface area contributed by atoms with Crippen molar-refractivity contribution >= 4 is 11.6 Å². The lowest BCUT2D eigenvalue weighted by Crippen LogP contribution is -2.14.